The van der Waals surface area contributed by atoms with Gasteiger partial charge in [0.2, 0.25) is 5.91 Å². The van der Waals surface area contributed by atoms with Gasteiger partial charge in [0.05, 0.1) is 17.4 Å². The van der Waals surface area contributed by atoms with Crippen molar-refractivity contribution in [1.82, 2.24) is 4.90 Å². The number of benzene rings is 1. The van der Waals surface area contributed by atoms with Crippen LogP contribution in [-0.2, 0) is 9.53 Å². The summed E-state index contributed by atoms with van der Waals surface area (Å²) in [6.45, 7) is 7.40. The zero-order valence-electron chi connectivity index (χ0n) is 15.2. The Morgan fingerprint density at radius 3 is 2.50 bits per heavy atom. The Hall–Kier alpha value is -2.82. The van der Waals surface area contributed by atoms with Crippen molar-refractivity contribution >= 4 is 23.4 Å². The fourth-order valence-corrected chi connectivity index (χ4v) is 2.61. The van der Waals surface area contributed by atoms with Crippen molar-refractivity contribution in [2.24, 2.45) is 0 Å². The van der Waals surface area contributed by atoms with Crippen LogP contribution in [0.15, 0.2) is 18.2 Å². The molecule has 0 aliphatic carbocycles. The molecule has 0 atom stereocenters. The van der Waals surface area contributed by atoms with Gasteiger partial charge in [-0.05, 0) is 39.0 Å². The van der Waals surface area contributed by atoms with Crippen LogP contribution >= 0.6 is 0 Å². The number of ether oxygens (including phenoxy) is 1. The summed E-state index contributed by atoms with van der Waals surface area (Å²) >= 11 is 0. The summed E-state index contributed by atoms with van der Waals surface area (Å²) in [6.07, 6.45) is -0.665. The molecule has 1 saturated heterocycles. The van der Waals surface area contributed by atoms with Gasteiger partial charge in [-0.3, -0.25) is 4.79 Å². The lowest BCUT2D eigenvalue weighted by Gasteiger charge is -2.37. The maximum absolute atomic E-state index is 13.6. The summed E-state index contributed by atoms with van der Waals surface area (Å²) in [7, 11) is 0. The lowest BCUT2D eigenvalue weighted by Crippen LogP contribution is -2.50. The lowest BCUT2D eigenvalue weighted by molar-refractivity contribution is -0.115. The third-order valence-electron chi connectivity index (χ3n) is 3.74. The van der Waals surface area contributed by atoms with E-state index in [-0.39, 0.29) is 12.5 Å². The Morgan fingerprint density at radius 2 is 1.92 bits per heavy atom. The van der Waals surface area contributed by atoms with Crippen LogP contribution in [0.25, 0.3) is 0 Å². The van der Waals surface area contributed by atoms with Crippen LogP contribution in [0.1, 0.15) is 27.2 Å². The Bertz CT molecular complexity index is 716. The first-order valence-corrected chi connectivity index (χ1v) is 8.39. The first-order chi connectivity index (χ1) is 12.2. The van der Waals surface area contributed by atoms with Crippen LogP contribution in [-0.4, -0.2) is 48.7 Å². The molecule has 0 radical (unpaired) electrons. The molecule has 1 aromatic carbocycles. The highest BCUT2D eigenvalue weighted by Gasteiger charge is 2.27. The third kappa shape index (κ3) is 5.34. The van der Waals surface area contributed by atoms with Crippen LogP contribution in [0.5, 0.6) is 0 Å². The van der Waals surface area contributed by atoms with Crippen molar-refractivity contribution in [1.29, 1.82) is 5.26 Å². The molecule has 0 bridgehead atoms. The summed E-state index contributed by atoms with van der Waals surface area (Å²) in [4.78, 5) is 27.4. The number of nitriles is 1. The average molecular weight is 362 g/mol. The molecule has 7 nitrogen and oxygen atoms in total. The summed E-state index contributed by atoms with van der Waals surface area (Å²) < 4.78 is 18.9. The fraction of sp³-hybridized carbons (Fsp3) is 0.500. The van der Waals surface area contributed by atoms with Gasteiger partial charge in [-0.2, -0.15) is 5.26 Å². The largest absolute Gasteiger partial charge is 0.444 e. The number of anilines is 2. The van der Waals surface area contributed by atoms with E-state index in [0.717, 1.165) is 0 Å². The normalized spacial score (nSPS) is 14.6. The van der Waals surface area contributed by atoms with E-state index in [1.165, 1.54) is 12.1 Å². The van der Waals surface area contributed by atoms with Crippen LogP contribution in [0.2, 0.25) is 0 Å². The molecule has 26 heavy (non-hydrogen) atoms. The smallest absolute Gasteiger partial charge is 0.410 e. The Morgan fingerprint density at radius 1 is 1.27 bits per heavy atom. The predicted octanol–water partition coefficient (Wildman–Crippen LogP) is 2.73. The maximum atomic E-state index is 13.6. The predicted molar refractivity (Wildman–Crippen MR) is 95.3 cm³/mol. The molecule has 2 amide bonds. The van der Waals surface area contributed by atoms with Gasteiger partial charge in [-0.1, -0.05) is 0 Å². The van der Waals surface area contributed by atoms with Crippen molar-refractivity contribution in [3.05, 3.63) is 24.0 Å². The highest BCUT2D eigenvalue weighted by atomic mass is 19.1. The second kappa shape index (κ2) is 8.04. The molecule has 1 aromatic rings. The van der Waals surface area contributed by atoms with Crippen LogP contribution in [0.3, 0.4) is 0 Å². The second-order valence-electron chi connectivity index (χ2n) is 7.00. The van der Waals surface area contributed by atoms with Crippen LogP contribution < -0.4 is 10.2 Å². The zero-order chi connectivity index (χ0) is 19.3. The first kappa shape index (κ1) is 19.5. The molecule has 0 spiro atoms. The van der Waals surface area contributed by atoms with Gasteiger partial charge >= 0.3 is 6.09 Å². The highest BCUT2D eigenvalue weighted by Crippen LogP contribution is 2.28. The summed E-state index contributed by atoms with van der Waals surface area (Å²) in [5, 5.41) is 11.2. The number of rotatable bonds is 3. The number of piperazine rings is 1. The average Bonchev–Trinajstić information content (AvgIpc) is 2.54. The summed E-state index contributed by atoms with van der Waals surface area (Å²) in [5.74, 6) is -0.972. The van der Waals surface area contributed by atoms with E-state index in [1.54, 1.807) is 17.0 Å². The molecule has 1 fully saturated rings. The molecule has 2 rings (SSSR count). The number of halogens is 1. The molecular formula is C18H23FN4O3. The van der Waals surface area contributed by atoms with Crippen molar-refractivity contribution in [2.75, 3.05) is 36.4 Å². The topological polar surface area (TPSA) is 85.7 Å². The summed E-state index contributed by atoms with van der Waals surface area (Å²) in [6, 6.07) is 5.89. The van der Waals surface area contributed by atoms with Crippen molar-refractivity contribution in [3.63, 3.8) is 0 Å². The minimum absolute atomic E-state index is 0.303. The Balaban J connectivity index is 2.06. The number of nitrogens with one attached hydrogen (secondary N) is 1. The molecule has 0 unspecified atom stereocenters. The van der Waals surface area contributed by atoms with Gasteiger partial charge < -0.3 is 19.9 Å². The Labute approximate surface area is 152 Å². The minimum Gasteiger partial charge on any atom is -0.444 e. The SMILES string of the molecule is CC(C)(C)OC(=O)N1CCN(c2ccc(F)cc2NC(=O)CC#N)CC1. The molecule has 1 aliphatic heterocycles. The van der Waals surface area contributed by atoms with Gasteiger partial charge in [-0.25, -0.2) is 9.18 Å². The number of hydrogen-bond acceptors (Lipinski definition) is 5. The monoisotopic (exact) mass is 362 g/mol. The fourth-order valence-electron chi connectivity index (χ4n) is 2.61. The third-order valence-corrected chi connectivity index (χ3v) is 3.74. The second-order valence-corrected chi connectivity index (χ2v) is 7.00. The van der Waals surface area contributed by atoms with E-state index in [2.05, 4.69) is 5.32 Å². The molecule has 1 aliphatic rings. The molecule has 1 heterocycles. The number of hydrogen-bond donors (Lipinski definition) is 1. The molecule has 0 saturated carbocycles. The van der Waals surface area contributed by atoms with Crippen LogP contribution in [0.4, 0.5) is 20.6 Å². The molecule has 8 heteroatoms. The number of nitrogens with zero attached hydrogens (tertiary/aromatic N) is 3. The maximum Gasteiger partial charge on any atom is 0.410 e. The highest BCUT2D eigenvalue weighted by molar-refractivity contribution is 5.95. The van der Waals surface area contributed by atoms with E-state index in [1.807, 2.05) is 25.7 Å². The summed E-state index contributed by atoms with van der Waals surface area (Å²) in [5.41, 5.74) is 0.418. The van der Waals surface area contributed by atoms with Gasteiger partial charge in [-0.15, -0.1) is 0 Å². The standard InChI is InChI=1S/C18H23FN4O3/c1-18(2,3)26-17(25)23-10-8-22(9-11-23)15-5-4-13(19)12-14(15)21-16(24)6-7-20/h4-5,12H,6,8-11H2,1-3H3,(H,21,24). The number of carbonyl (C=O) groups is 2. The van der Waals surface area contributed by atoms with Crippen molar-refractivity contribution in [3.8, 4) is 6.07 Å². The van der Waals surface area contributed by atoms with Crippen molar-refractivity contribution in [2.45, 2.75) is 32.8 Å². The molecular weight excluding hydrogens is 339 g/mol. The first-order valence-electron chi connectivity index (χ1n) is 8.39. The quantitative estimate of drug-likeness (QED) is 0.894. The number of carbonyl (C=O) groups excluding carboxylic acids is 2. The minimum atomic E-state index is -0.552. The van der Waals surface area contributed by atoms with E-state index in [4.69, 9.17) is 10.00 Å². The molecule has 140 valence electrons. The van der Waals surface area contributed by atoms with Gasteiger partial charge in [0.25, 0.3) is 0 Å². The van der Waals surface area contributed by atoms with E-state index in [0.29, 0.717) is 37.6 Å². The van der Waals surface area contributed by atoms with E-state index < -0.39 is 17.3 Å². The number of amides is 2. The van der Waals surface area contributed by atoms with Gasteiger partial charge in [0.15, 0.2) is 0 Å². The van der Waals surface area contributed by atoms with Gasteiger partial charge in [0.1, 0.15) is 17.8 Å². The van der Waals surface area contributed by atoms with Crippen LogP contribution in [0, 0.1) is 17.1 Å². The van der Waals surface area contributed by atoms with E-state index >= 15 is 0 Å². The lowest BCUT2D eigenvalue weighted by atomic mass is 10.2. The Kier molecular flexibility index (Phi) is 6.03. The van der Waals surface area contributed by atoms with E-state index in [9.17, 15) is 14.0 Å². The van der Waals surface area contributed by atoms with Gasteiger partial charge in [0, 0.05) is 26.2 Å². The van der Waals surface area contributed by atoms with Crippen molar-refractivity contribution < 1.29 is 18.7 Å². The zero-order valence-corrected chi connectivity index (χ0v) is 15.2. The molecule has 0 aromatic heterocycles. The molecule has 1 N–H and O–H groups in total.